The molecule has 98 valence electrons. The largest absolute Gasteiger partial charge is 0.324 e. The Balaban J connectivity index is 1.68. The highest BCUT2D eigenvalue weighted by Crippen LogP contribution is 2.36. The molecule has 1 aliphatic carbocycles. The van der Waals surface area contributed by atoms with Crippen LogP contribution >= 0.6 is 0 Å². The van der Waals surface area contributed by atoms with Gasteiger partial charge >= 0.3 is 0 Å². The molecule has 1 aliphatic rings. The minimum absolute atomic E-state index is 0.236. The zero-order valence-electron chi connectivity index (χ0n) is 11.3. The van der Waals surface area contributed by atoms with Crippen LogP contribution in [0.15, 0.2) is 54.6 Å². The highest BCUT2D eigenvalue weighted by molar-refractivity contribution is 5.30. The lowest BCUT2D eigenvalue weighted by Crippen LogP contribution is -2.26. The quantitative estimate of drug-likeness (QED) is 0.870. The lowest BCUT2D eigenvalue weighted by molar-refractivity contribution is 0.264. The van der Waals surface area contributed by atoms with E-state index in [1.165, 1.54) is 36.0 Å². The molecular formula is C18H21N. The summed E-state index contributed by atoms with van der Waals surface area (Å²) in [7, 11) is 0. The molecule has 0 aromatic heterocycles. The van der Waals surface area contributed by atoms with E-state index in [9.17, 15) is 0 Å². The Kier molecular flexibility index (Phi) is 3.65. The molecule has 0 heterocycles. The molecule has 0 saturated heterocycles. The van der Waals surface area contributed by atoms with Crippen LogP contribution in [0.1, 0.15) is 42.0 Å². The molecule has 1 atom stereocenters. The normalized spacial score (nSPS) is 16.9. The fourth-order valence-corrected chi connectivity index (χ4v) is 2.76. The molecular weight excluding hydrogens is 230 g/mol. The van der Waals surface area contributed by atoms with Gasteiger partial charge in [-0.05, 0) is 41.9 Å². The van der Waals surface area contributed by atoms with Crippen molar-refractivity contribution >= 4 is 0 Å². The van der Waals surface area contributed by atoms with E-state index in [4.69, 9.17) is 5.73 Å². The SMILES string of the molecule is NC(c1ccc(Cc2ccccc2)cc1)C1CCC1. The maximum Gasteiger partial charge on any atom is 0.0323 e. The maximum atomic E-state index is 6.30. The van der Waals surface area contributed by atoms with Crippen LogP contribution in [-0.2, 0) is 6.42 Å². The Bertz CT molecular complexity index is 511. The molecule has 0 spiro atoms. The first kappa shape index (κ1) is 12.4. The van der Waals surface area contributed by atoms with Gasteiger partial charge in [0.25, 0.3) is 0 Å². The minimum Gasteiger partial charge on any atom is -0.324 e. The number of benzene rings is 2. The van der Waals surface area contributed by atoms with Gasteiger partial charge in [-0.2, -0.15) is 0 Å². The second-order valence-corrected chi connectivity index (χ2v) is 5.62. The van der Waals surface area contributed by atoms with E-state index >= 15 is 0 Å². The third-order valence-electron chi connectivity index (χ3n) is 4.27. The van der Waals surface area contributed by atoms with Crippen LogP contribution in [0.4, 0.5) is 0 Å². The summed E-state index contributed by atoms with van der Waals surface area (Å²) in [6.45, 7) is 0. The standard InChI is InChI=1S/C18H21N/c19-18(16-7-4-8-16)17-11-9-15(10-12-17)13-14-5-2-1-3-6-14/h1-3,5-6,9-12,16,18H,4,7-8,13,19H2. The van der Waals surface area contributed by atoms with Crippen LogP contribution < -0.4 is 5.73 Å². The summed E-state index contributed by atoms with van der Waals surface area (Å²) in [4.78, 5) is 0. The van der Waals surface area contributed by atoms with Crippen molar-refractivity contribution < 1.29 is 0 Å². The van der Waals surface area contributed by atoms with E-state index in [1.54, 1.807) is 0 Å². The van der Waals surface area contributed by atoms with E-state index in [-0.39, 0.29) is 6.04 Å². The van der Waals surface area contributed by atoms with Gasteiger partial charge in [0.15, 0.2) is 0 Å². The maximum absolute atomic E-state index is 6.30. The molecule has 0 amide bonds. The molecule has 0 aliphatic heterocycles. The van der Waals surface area contributed by atoms with Crippen molar-refractivity contribution in [1.29, 1.82) is 0 Å². The van der Waals surface area contributed by atoms with Gasteiger partial charge in [-0.25, -0.2) is 0 Å². The average Bonchev–Trinajstić information content (AvgIpc) is 2.39. The second kappa shape index (κ2) is 5.58. The summed E-state index contributed by atoms with van der Waals surface area (Å²) in [5, 5.41) is 0. The molecule has 1 unspecified atom stereocenters. The number of hydrogen-bond acceptors (Lipinski definition) is 1. The smallest absolute Gasteiger partial charge is 0.0323 e. The van der Waals surface area contributed by atoms with Crippen molar-refractivity contribution in [2.45, 2.75) is 31.7 Å². The Labute approximate surface area is 115 Å². The van der Waals surface area contributed by atoms with Crippen LogP contribution in [0.2, 0.25) is 0 Å². The Morgan fingerprint density at radius 3 is 2.11 bits per heavy atom. The van der Waals surface area contributed by atoms with Gasteiger partial charge in [0.1, 0.15) is 0 Å². The topological polar surface area (TPSA) is 26.0 Å². The molecule has 1 fully saturated rings. The number of nitrogens with two attached hydrogens (primary N) is 1. The molecule has 2 aromatic carbocycles. The molecule has 2 aromatic rings. The first-order chi connectivity index (χ1) is 9.33. The summed E-state index contributed by atoms with van der Waals surface area (Å²) in [5.74, 6) is 0.708. The molecule has 1 heteroatoms. The summed E-state index contributed by atoms with van der Waals surface area (Å²) < 4.78 is 0. The van der Waals surface area contributed by atoms with Gasteiger partial charge in [0.05, 0.1) is 0 Å². The molecule has 19 heavy (non-hydrogen) atoms. The molecule has 1 nitrogen and oxygen atoms in total. The first-order valence-corrected chi connectivity index (χ1v) is 7.21. The summed E-state index contributed by atoms with van der Waals surface area (Å²) in [5.41, 5.74) is 10.3. The van der Waals surface area contributed by atoms with Gasteiger partial charge in [-0.1, -0.05) is 61.0 Å². The summed E-state index contributed by atoms with van der Waals surface area (Å²) >= 11 is 0. The summed E-state index contributed by atoms with van der Waals surface area (Å²) in [6, 6.07) is 19.7. The van der Waals surface area contributed by atoms with E-state index in [0.29, 0.717) is 5.92 Å². The molecule has 2 N–H and O–H groups in total. The number of hydrogen-bond donors (Lipinski definition) is 1. The van der Waals surface area contributed by atoms with E-state index < -0.39 is 0 Å². The molecule has 0 radical (unpaired) electrons. The van der Waals surface area contributed by atoms with Crippen molar-refractivity contribution in [3.05, 3.63) is 71.3 Å². The predicted molar refractivity (Wildman–Crippen MR) is 80.0 cm³/mol. The molecule has 1 saturated carbocycles. The zero-order valence-corrected chi connectivity index (χ0v) is 11.3. The Hall–Kier alpha value is -1.60. The second-order valence-electron chi connectivity index (χ2n) is 5.62. The lowest BCUT2D eigenvalue weighted by Gasteiger charge is -2.31. The summed E-state index contributed by atoms with van der Waals surface area (Å²) in [6.07, 6.45) is 4.95. The van der Waals surface area contributed by atoms with Crippen LogP contribution in [-0.4, -0.2) is 0 Å². The van der Waals surface area contributed by atoms with Crippen molar-refractivity contribution in [2.75, 3.05) is 0 Å². The van der Waals surface area contributed by atoms with Crippen molar-refractivity contribution in [2.24, 2.45) is 11.7 Å². The van der Waals surface area contributed by atoms with E-state index in [2.05, 4.69) is 54.6 Å². The van der Waals surface area contributed by atoms with Crippen LogP contribution in [0, 0.1) is 5.92 Å². The van der Waals surface area contributed by atoms with Crippen LogP contribution in [0.25, 0.3) is 0 Å². The fourth-order valence-electron chi connectivity index (χ4n) is 2.76. The van der Waals surface area contributed by atoms with E-state index in [1.807, 2.05) is 0 Å². The zero-order chi connectivity index (χ0) is 13.1. The lowest BCUT2D eigenvalue weighted by atomic mass is 9.77. The first-order valence-electron chi connectivity index (χ1n) is 7.21. The molecule has 3 rings (SSSR count). The van der Waals surface area contributed by atoms with Crippen molar-refractivity contribution in [3.63, 3.8) is 0 Å². The number of rotatable bonds is 4. The monoisotopic (exact) mass is 251 g/mol. The van der Waals surface area contributed by atoms with Crippen molar-refractivity contribution in [3.8, 4) is 0 Å². The van der Waals surface area contributed by atoms with Gasteiger partial charge in [0, 0.05) is 6.04 Å². The van der Waals surface area contributed by atoms with Crippen molar-refractivity contribution in [1.82, 2.24) is 0 Å². The van der Waals surface area contributed by atoms with Crippen LogP contribution in [0.3, 0.4) is 0 Å². The van der Waals surface area contributed by atoms with Gasteiger partial charge in [-0.3, -0.25) is 0 Å². The fraction of sp³-hybridized carbons (Fsp3) is 0.333. The minimum atomic E-state index is 0.236. The average molecular weight is 251 g/mol. The van der Waals surface area contributed by atoms with Gasteiger partial charge in [0.2, 0.25) is 0 Å². The predicted octanol–water partition coefficient (Wildman–Crippen LogP) is 4.08. The Morgan fingerprint density at radius 1 is 0.895 bits per heavy atom. The third kappa shape index (κ3) is 2.87. The highest BCUT2D eigenvalue weighted by Gasteiger charge is 2.25. The van der Waals surface area contributed by atoms with Gasteiger partial charge < -0.3 is 5.73 Å². The Morgan fingerprint density at radius 2 is 1.53 bits per heavy atom. The van der Waals surface area contributed by atoms with Gasteiger partial charge in [-0.15, -0.1) is 0 Å². The highest BCUT2D eigenvalue weighted by atomic mass is 14.7. The van der Waals surface area contributed by atoms with Crippen LogP contribution in [0.5, 0.6) is 0 Å². The molecule has 0 bridgehead atoms. The third-order valence-corrected chi connectivity index (χ3v) is 4.27. The van der Waals surface area contributed by atoms with E-state index in [0.717, 1.165) is 6.42 Å².